The zero-order valence-electron chi connectivity index (χ0n) is 18.8. The van der Waals surface area contributed by atoms with Crippen molar-refractivity contribution in [1.29, 1.82) is 0 Å². The molecule has 0 saturated carbocycles. The molecule has 1 heterocycles. The quantitative estimate of drug-likeness (QED) is 0.576. The van der Waals surface area contributed by atoms with E-state index in [-0.39, 0.29) is 22.1 Å². The van der Waals surface area contributed by atoms with Crippen molar-refractivity contribution < 1.29 is 22.7 Å². The predicted octanol–water partition coefficient (Wildman–Crippen LogP) is 3.48. The molecule has 1 N–H and O–H groups in total. The SMILES string of the molecule is COc1ccc(C(=O)NCc2ccc(-c3ccc4c(c3)CCO4)cc2)cc1S(=O)(=O)N(C)C. The van der Waals surface area contributed by atoms with Gasteiger partial charge in [0.15, 0.2) is 0 Å². The zero-order valence-corrected chi connectivity index (χ0v) is 19.6. The minimum absolute atomic E-state index is 0.0493. The molecule has 0 radical (unpaired) electrons. The Morgan fingerprint density at radius 2 is 1.76 bits per heavy atom. The Labute approximate surface area is 194 Å². The van der Waals surface area contributed by atoms with Crippen LogP contribution in [0.5, 0.6) is 11.5 Å². The van der Waals surface area contributed by atoms with Crippen LogP contribution in [0.15, 0.2) is 65.6 Å². The van der Waals surface area contributed by atoms with Crippen molar-refractivity contribution in [3.8, 4) is 22.6 Å². The van der Waals surface area contributed by atoms with Gasteiger partial charge < -0.3 is 14.8 Å². The molecule has 172 valence electrons. The van der Waals surface area contributed by atoms with Crippen LogP contribution < -0.4 is 14.8 Å². The number of nitrogens with one attached hydrogen (secondary N) is 1. The van der Waals surface area contributed by atoms with E-state index in [0.717, 1.165) is 39.8 Å². The summed E-state index contributed by atoms with van der Waals surface area (Å²) in [4.78, 5) is 12.6. The number of carbonyl (C=O) groups excluding carboxylic acids is 1. The molecule has 4 rings (SSSR count). The largest absolute Gasteiger partial charge is 0.495 e. The summed E-state index contributed by atoms with van der Waals surface area (Å²) in [5.41, 5.74) is 4.62. The van der Waals surface area contributed by atoms with E-state index in [1.54, 1.807) is 6.07 Å². The van der Waals surface area contributed by atoms with E-state index >= 15 is 0 Å². The van der Waals surface area contributed by atoms with Crippen molar-refractivity contribution >= 4 is 15.9 Å². The Morgan fingerprint density at radius 1 is 1.03 bits per heavy atom. The first-order valence-corrected chi connectivity index (χ1v) is 12.0. The molecule has 0 aliphatic carbocycles. The molecule has 0 fully saturated rings. The van der Waals surface area contributed by atoms with Crippen LogP contribution in [0.2, 0.25) is 0 Å². The number of methoxy groups -OCH3 is 1. The van der Waals surface area contributed by atoms with Crippen molar-refractivity contribution in [2.75, 3.05) is 27.8 Å². The first-order chi connectivity index (χ1) is 15.8. The fourth-order valence-corrected chi connectivity index (χ4v) is 4.76. The minimum Gasteiger partial charge on any atom is -0.495 e. The average molecular weight is 467 g/mol. The van der Waals surface area contributed by atoms with E-state index in [2.05, 4.69) is 11.4 Å². The van der Waals surface area contributed by atoms with E-state index in [9.17, 15) is 13.2 Å². The Bertz CT molecular complexity index is 1280. The highest BCUT2D eigenvalue weighted by Crippen LogP contribution is 2.31. The first kappa shape index (κ1) is 22.8. The average Bonchev–Trinajstić information content (AvgIpc) is 3.30. The zero-order chi connectivity index (χ0) is 23.6. The molecule has 3 aromatic rings. The molecule has 0 saturated heterocycles. The highest BCUT2D eigenvalue weighted by molar-refractivity contribution is 7.89. The third kappa shape index (κ3) is 4.72. The lowest BCUT2D eigenvalue weighted by Gasteiger charge is -2.15. The smallest absolute Gasteiger partial charge is 0.251 e. The van der Waals surface area contributed by atoms with Crippen LogP contribution in [-0.4, -0.2) is 46.4 Å². The maximum atomic E-state index is 12.7. The predicted molar refractivity (Wildman–Crippen MR) is 126 cm³/mol. The third-order valence-corrected chi connectivity index (χ3v) is 7.45. The van der Waals surface area contributed by atoms with Crippen LogP contribution in [0, 0.1) is 0 Å². The molecular formula is C25H26N2O5S. The number of amides is 1. The van der Waals surface area contributed by atoms with Crippen LogP contribution >= 0.6 is 0 Å². The Hall–Kier alpha value is -3.36. The second-order valence-electron chi connectivity index (χ2n) is 7.95. The van der Waals surface area contributed by atoms with E-state index in [4.69, 9.17) is 9.47 Å². The van der Waals surface area contributed by atoms with Gasteiger partial charge in [0.05, 0.1) is 13.7 Å². The summed E-state index contributed by atoms with van der Waals surface area (Å²) in [7, 11) is 0.500. The molecule has 0 atom stereocenters. The lowest BCUT2D eigenvalue weighted by Crippen LogP contribution is -2.25. The van der Waals surface area contributed by atoms with Gasteiger partial charge in [0, 0.05) is 32.6 Å². The number of hydrogen-bond donors (Lipinski definition) is 1. The fraction of sp³-hybridized carbons (Fsp3) is 0.240. The molecule has 1 aliphatic rings. The van der Waals surface area contributed by atoms with Gasteiger partial charge in [-0.05, 0) is 52.6 Å². The maximum Gasteiger partial charge on any atom is 0.251 e. The minimum atomic E-state index is -3.76. The summed E-state index contributed by atoms with van der Waals surface area (Å²) in [6, 6.07) is 18.6. The lowest BCUT2D eigenvalue weighted by atomic mass is 10.0. The van der Waals surface area contributed by atoms with E-state index in [1.165, 1.54) is 38.9 Å². The third-order valence-electron chi connectivity index (χ3n) is 5.61. The lowest BCUT2D eigenvalue weighted by molar-refractivity contribution is 0.0950. The van der Waals surface area contributed by atoms with Gasteiger partial charge in [0.1, 0.15) is 16.4 Å². The molecule has 1 amide bonds. The molecule has 8 heteroatoms. The van der Waals surface area contributed by atoms with Gasteiger partial charge in [0.2, 0.25) is 10.0 Å². The number of nitrogens with zero attached hydrogens (tertiary/aromatic N) is 1. The molecule has 0 aromatic heterocycles. The summed E-state index contributed by atoms with van der Waals surface area (Å²) in [5.74, 6) is 0.780. The summed E-state index contributed by atoms with van der Waals surface area (Å²) in [5, 5.41) is 2.85. The molecular weight excluding hydrogens is 440 g/mol. The topological polar surface area (TPSA) is 84.9 Å². The van der Waals surface area contributed by atoms with Gasteiger partial charge in [-0.3, -0.25) is 4.79 Å². The van der Waals surface area contributed by atoms with Crippen LogP contribution in [-0.2, 0) is 23.0 Å². The van der Waals surface area contributed by atoms with Gasteiger partial charge in [-0.25, -0.2) is 12.7 Å². The first-order valence-electron chi connectivity index (χ1n) is 10.5. The monoisotopic (exact) mass is 466 g/mol. The summed E-state index contributed by atoms with van der Waals surface area (Å²) >= 11 is 0. The van der Waals surface area contributed by atoms with Gasteiger partial charge in [-0.1, -0.05) is 30.3 Å². The normalized spacial score (nSPS) is 12.8. The van der Waals surface area contributed by atoms with Crippen LogP contribution in [0.3, 0.4) is 0 Å². The standard InChI is InChI=1S/C25H26N2O5S/c1-27(2)33(29,30)24-15-21(9-11-23(24)31-3)25(28)26-16-17-4-6-18(7-5-17)19-8-10-22-20(14-19)12-13-32-22/h4-11,14-15H,12-13,16H2,1-3H3,(H,26,28). The number of hydrogen-bond acceptors (Lipinski definition) is 5. The van der Waals surface area contributed by atoms with Crippen LogP contribution in [0.1, 0.15) is 21.5 Å². The molecule has 0 spiro atoms. The number of fused-ring (bicyclic) bond motifs is 1. The number of benzene rings is 3. The van der Waals surface area contributed by atoms with Gasteiger partial charge >= 0.3 is 0 Å². The highest BCUT2D eigenvalue weighted by Gasteiger charge is 2.24. The Balaban J connectivity index is 1.46. The number of rotatable bonds is 7. The maximum absolute atomic E-state index is 12.7. The van der Waals surface area contributed by atoms with Crippen LogP contribution in [0.25, 0.3) is 11.1 Å². The molecule has 0 bridgehead atoms. The van der Waals surface area contributed by atoms with E-state index in [0.29, 0.717) is 6.54 Å². The van der Waals surface area contributed by atoms with Gasteiger partial charge in [-0.2, -0.15) is 0 Å². The van der Waals surface area contributed by atoms with Crippen LogP contribution in [0.4, 0.5) is 0 Å². The highest BCUT2D eigenvalue weighted by atomic mass is 32.2. The van der Waals surface area contributed by atoms with E-state index in [1.807, 2.05) is 36.4 Å². The number of carbonyl (C=O) groups is 1. The van der Waals surface area contributed by atoms with E-state index < -0.39 is 10.0 Å². The Kier molecular flexibility index (Phi) is 6.40. The van der Waals surface area contributed by atoms with Gasteiger partial charge in [0.25, 0.3) is 5.91 Å². The second kappa shape index (κ2) is 9.25. The molecule has 33 heavy (non-hydrogen) atoms. The second-order valence-corrected chi connectivity index (χ2v) is 10.1. The fourth-order valence-electron chi connectivity index (χ4n) is 3.68. The molecule has 0 unspecified atom stereocenters. The summed E-state index contributed by atoms with van der Waals surface area (Å²) in [6.45, 7) is 1.05. The number of sulfonamides is 1. The Morgan fingerprint density at radius 3 is 2.45 bits per heavy atom. The summed E-state index contributed by atoms with van der Waals surface area (Å²) < 4.78 is 37.0. The van der Waals surface area contributed by atoms with Crippen molar-refractivity contribution in [2.45, 2.75) is 17.9 Å². The number of ether oxygens (including phenoxy) is 2. The molecule has 3 aromatic carbocycles. The van der Waals surface area contributed by atoms with Crippen molar-refractivity contribution in [2.24, 2.45) is 0 Å². The molecule has 1 aliphatic heterocycles. The summed E-state index contributed by atoms with van der Waals surface area (Å²) in [6.07, 6.45) is 0.927. The molecule has 7 nitrogen and oxygen atoms in total. The van der Waals surface area contributed by atoms with Crippen molar-refractivity contribution in [3.63, 3.8) is 0 Å². The van der Waals surface area contributed by atoms with Crippen molar-refractivity contribution in [3.05, 3.63) is 77.4 Å². The van der Waals surface area contributed by atoms with Gasteiger partial charge in [-0.15, -0.1) is 0 Å². The van der Waals surface area contributed by atoms with Crippen molar-refractivity contribution in [1.82, 2.24) is 9.62 Å².